The van der Waals surface area contributed by atoms with Crippen molar-refractivity contribution in [3.05, 3.63) is 57.7 Å². The van der Waals surface area contributed by atoms with Gasteiger partial charge in [0, 0.05) is 11.1 Å². The molecule has 1 aromatic rings. The standard InChI is InChI=1S/C30H42O6/c1-20(13-9-15-22(3)28(32)34-6)11-8-12-21(2)14-10-17-30(5)18-16-24-26(29(33)35-7)25(31)19-23(4)27(24)36-30/h11,14-15,19,31H,8-10,12-13,16-18H2,1-7H3/b20-11+,21-14+,22-15+/t30-/m1/s1. The fourth-order valence-electron chi connectivity index (χ4n) is 4.56. The molecule has 0 saturated heterocycles. The number of fused-ring (bicyclic) bond motifs is 1. The van der Waals surface area contributed by atoms with Gasteiger partial charge in [-0.25, -0.2) is 9.59 Å². The Bertz CT molecular complexity index is 1050. The summed E-state index contributed by atoms with van der Waals surface area (Å²) >= 11 is 0. The first-order valence-electron chi connectivity index (χ1n) is 12.7. The second kappa shape index (κ2) is 13.3. The summed E-state index contributed by atoms with van der Waals surface area (Å²) in [6.45, 7) is 10.1. The van der Waals surface area contributed by atoms with Crippen molar-refractivity contribution in [1.29, 1.82) is 0 Å². The Morgan fingerprint density at radius 3 is 2.25 bits per heavy atom. The van der Waals surface area contributed by atoms with E-state index in [1.165, 1.54) is 25.4 Å². The van der Waals surface area contributed by atoms with Gasteiger partial charge in [0.05, 0.1) is 14.2 Å². The molecule has 0 aromatic heterocycles. The lowest BCUT2D eigenvalue weighted by Gasteiger charge is -2.37. The van der Waals surface area contributed by atoms with Crippen molar-refractivity contribution in [2.24, 2.45) is 0 Å². The summed E-state index contributed by atoms with van der Waals surface area (Å²) < 4.78 is 16.0. The highest BCUT2D eigenvalue weighted by Gasteiger charge is 2.35. The van der Waals surface area contributed by atoms with E-state index < -0.39 is 5.97 Å². The molecular weight excluding hydrogens is 456 g/mol. The maximum absolute atomic E-state index is 12.2. The SMILES string of the molecule is COC(=O)/C(C)=C/CC/C(C)=C/CC/C(C)=C/CC[C@]1(C)CCc2c(c(C)cc(O)c2C(=O)OC)O1. The van der Waals surface area contributed by atoms with Crippen molar-refractivity contribution in [2.45, 2.75) is 91.6 Å². The Morgan fingerprint density at radius 1 is 1.03 bits per heavy atom. The molecule has 0 unspecified atom stereocenters. The number of carbonyl (C=O) groups excluding carboxylic acids is 2. The van der Waals surface area contributed by atoms with E-state index in [9.17, 15) is 14.7 Å². The first-order chi connectivity index (χ1) is 17.0. The number of benzene rings is 1. The quantitative estimate of drug-likeness (QED) is 0.202. The number of aryl methyl sites for hydroxylation is 1. The molecule has 36 heavy (non-hydrogen) atoms. The van der Waals surface area contributed by atoms with Gasteiger partial charge in [-0.2, -0.15) is 0 Å². The van der Waals surface area contributed by atoms with Crippen LogP contribution in [0.4, 0.5) is 0 Å². The van der Waals surface area contributed by atoms with Crippen molar-refractivity contribution < 1.29 is 28.9 Å². The molecular formula is C30H42O6. The molecule has 0 saturated carbocycles. The van der Waals surface area contributed by atoms with E-state index in [2.05, 4.69) is 32.9 Å². The van der Waals surface area contributed by atoms with Crippen LogP contribution in [0.15, 0.2) is 41.0 Å². The number of carbonyl (C=O) groups is 2. The molecule has 0 bridgehead atoms. The number of aromatic hydroxyl groups is 1. The van der Waals surface area contributed by atoms with Crippen molar-refractivity contribution in [1.82, 2.24) is 0 Å². The van der Waals surface area contributed by atoms with E-state index in [1.807, 2.05) is 13.0 Å². The van der Waals surface area contributed by atoms with Crippen LogP contribution in [0, 0.1) is 6.92 Å². The molecule has 0 radical (unpaired) electrons. The van der Waals surface area contributed by atoms with E-state index in [0.29, 0.717) is 17.7 Å². The summed E-state index contributed by atoms with van der Waals surface area (Å²) in [5, 5.41) is 10.3. The van der Waals surface area contributed by atoms with Gasteiger partial charge in [0.1, 0.15) is 22.7 Å². The van der Waals surface area contributed by atoms with Gasteiger partial charge in [-0.1, -0.05) is 29.4 Å². The molecule has 1 atom stereocenters. The molecule has 198 valence electrons. The van der Waals surface area contributed by atoms with Crippen LogP contribution in [0.25, 0.3) is 0 Å². The molecule has 1 aliphatic heterocycles. The number of hydrogen-bond donors (Lipinski definition) is 1. The zero-order chi connectivity index (χ0) is 26.9. The lowest BCUT2D eigenvalue weighted by Crippen LogP contribution is -2.37. The summed E-state index contributed by atoms with van der Waals surface area (Å²) in [5.74, 6) is -0.165. The summed E-state index contributed by atoms with van der Waals surface area (Å²) in [6.07, 6.45) is 13.5. The molecule has 2 rings (SSSR count). The average molecular weight is 499 g/mol. The number of esters is 2. The van der Waals surface area contributed by atoms with Crippen LogP contribution in [0.1, 0.15) is 94.1 Å². The third kappa shape index (κ3) is 8.00. The Hall–Kier alpha value is -3.02. The monoisotopic (exact) mass is 498 g/mol. The minimum atomic E-state index is -0.536. The number of ether oxygens (including phenoxy) is 3. The topological polar surface area (TPSA) is 82.1 Å². The molecule has 6 nitrogen and oxygen atoms in total. The van der Waals surface area contributed by atoms with Crippen LogP contribution in [0.5, 0.6) is 11.5 Å². The summed E-state index contributed by atoms with van der Waals surface area (Å²) in [4.78, 5) is 23.6. The van der Waals surface area contributed by atoms with Gasteiger partial charge >= 0.3 is 11.9 Å². The highest BCUT2D eigenvalue weighted by molar-refractivity contribution is 5.95. The van der Waals surface area contributed by atoms with E-state index in [1.54, 1.807) is 13.0 Å². The molecule has 1 aromatic carbocycles. The Kier molecular flexibility index (Phi) is 10.8. The van der Waals surface area contributed by atoms with Crippen LogP contribution < -0.4 is 4.74 Å². The van der Waals surface area contributed by atoms with Crippen LogP contribution in [0.3, 0.4) is 0 Å². The Morgan fingerprint density at radius 2 is 1.64 bits per heavy atom. The molecule has 0 fully saturated rings. The van der Waals surface area contributed by atoms with Gasteiger partial charge in [0.25, 0.3) is 0 Å². The van der Waals surface area contributed by atoms with Gasteiger partial charge in [-0.15, -0.1) is 0 Å². The number of phenolic OH excluding ortho intramolecular Hbond substituents is 1. The number of hydrogen-bond acceptors (Lipinski definition) is 6. The first-order valence-corrected chi connectivity index (χ1v) is 12.7. The summed E-state index contributed by atoms with van der Waals surface area (Å²) in [6, 6.07) is 1.58. The molecule has 1 N–H and O–H groups in total. The Labute approximate surface area is 216 Å². The summed E-state index contributed by atoms with van der Waals surface area (Å²) in [7, 11) is 2.72. The molecule has 0 amide bonds. The van der Waals surface area contributed by atoms with Crippen molar-refractivity contribution in [3.63, 3.8) is 0 Å². The lowest BCUT2D eigenvalue weighted by molar-refractivity contribution is -0.136. The lowest BCUT2D eigenvalue weighted by atomic mass is 9.85. The summed E-state index contributed by atoms with van der Waals surface area (Å²) in [5.41, 5.74) is 4.79. The third-order valence-corrected chi connectivity index (χ3v) is 6.88. The van der Waals surface area contributed by atoms with E-state index in [4.69, 9.17) is 14.2 Å². The van der Waals surface area contributed by atoms with Crippen LogP contribution in [0.2, 0.25) is 0 Å². The normalized spacial score (nSPS) is 18.4. The number of rotatable bonds is 11. The average Bonchev–Trinajstić information content (AvgIpc) is 2.83. The second-order valence-electron chi connectivity index (χ2n) is 10.0. The molecule has 6 heteroatoms. The number of allylic oxidation sites excluding steroid dienone is 5. The van der Waals surface area contributed by atoms with Crippen LogP contribution in [-0.4, -0.2) is 36.9 Å². The van der Waals surface area contributed by atoms with E-state index >= 15 is 0 Å². The van der Waals surface area contributed by atoms with Crippen molar-refractivity contribution in [3.8, 4) is 11.5 Å². The molecule has 0 spiro atoms. The van der Waals surface area contributed by atoms with Crippen LogP contribution >= 0.6 is 0 Å². The van der Waals surface area contributed by atoms with Crippen molar-refractivity contribution in [2.75, 3.05) is 14.2 Å². The van der Waals surface area contributed by atoms with Crippen LogP contribution in [-0.2, 0) is 20.7 Å². The molecule has 1 heterocycles. The fourth-order valence-corrected chi connectivity index (χ4v) is 4.56. The molecule has 1 aliphatic rings. The highest BCUT2D eigenvalue weighted by Crippen LogP contribution is 2.42. The first kappa shape index (κ1) is 29.2. The minimum absolute atomic E-state index is 0.0547. The van der Waals surface area contributed by atoms with Gasteiger partial charge in [-0.05, 0) is 97.6 Å². The maximum Gasteiger partial charge on any atom is 0.342 e. The zero-order valence-corrected chi connectivity index (χ0v) is 23.0. The smallest absolute Gasteiger partial charge is 0.342 e. The van der Waals surface area contributed by atoms with Gasteiger partial charge < -0.3 is 19.3 Å². The Balaban J connectivity index is 1.88. The minimum Gasteiger partial charge on any atom is -0.507 e. The molecule has 0 aliphatic carbocycles. The number of phenols is 1. The predicted molar refractivity (Wildman–Crippen MR) is 143 cm³/mol. The van der Waals surface area contributed by atoms with Gasteiger partial charge in [-0.3, -0.25) is 0 Å². The van der Waals surface area contributed by atoms with Gasteiger partial charge in [0.2, 0.25) is 0 Å². The van der Waals surface area contributed by atoms with Gasteiger partial charge in [0.15, 0.2) is 0 Å². The van der Waals surface area contributed by atoms with E-state index in [-0.39, 0.29) is 22.9 Å². The van der Waals surface area contributed by atoms with E-state index in [0.717, 1.165) is 56.1 Å². The maximum atomic E-state index is 12.2. The second-order valence-corrected chi connectivity index (χ2v) is 10.0. The largest absolute Gasteiger partial charge is 0.507 e. The zero-order valence-electron chi connectivity index (χ0n) is 23.0. The predicted octanol–water partition coefficient (Wildman–Crippen LogP) is 6.92. The third-order valence-electron chi connectivity index (χ3n) is 6.88. The highest BCUT2D eigenvalue weighted by atomic mass is 16.5. The van der Waals surface area contributed by atoms with Crippen molar-refractivity contribution >= 4 is 11.9 Å². The number of methoxy groups -OCH3 is 2. The fraction of sp³-hybridized carbons (Fsp3) is 0.533.